The zero-order valence-electron chi connectivity index (χ0n) is 9.65. The van der Waals surface area contributed by atoms with Gasteiger partial charge in [0.05, 0.1) is 0 Å². The number of rotatable bonds is 2. The van der Waals surface area contributed by atoms with Gasteiger partial charge in [0, 0.05) is 22.3 Å². The van der Waals surface area contributed by atoms with Gasteiger partial charge in [-0.3, -0.25) is 10.1 Å². The molecular formula is C12H13N3OS. The van der Waals surface area contributed by atoms with Crippen LogP contribution >= 0.6 is 11.3 Å². The van der Waals surface area contributed by atoms with E-state index in [1.54, 1.807) is 18.3 Å². The van der Waals surface area contributed by atoms with Crippen LogP contribution in [0.15, 0.2) is 24.4 Å². The average molecular weight is 247 g/mol. The van der Waals surface area contributed by atoms with Gasteiger partial charge >= 0.3 is 0 Å². The van der Waals surface area contributed by atoms with Gasteiger partial charge in [-0.1, -0.05) is 6.07 Å². The standard InChI is InChI=1S/C12H13N3OS/c1-7-3-4-9(5-10(7)13)11(16)15-12-14-6-8(2)17-12/h3-6H,13H2,1-2H3,(H,14,15,16). The fourth-order valence-corrected chi connectivity index (χ4v) is 2.02. The molecule has 0 aliphatic carbocycles. The summed E-state index contributed by atoms with van der Waals surface area (Å²) in [6.45, 7) is 3.85. The Morgan fingerprint density at radius 2 is 2.18 bits per heavy atom. The van der Waals surface area contributed by atoms with Gasteiger partial charge in [0.2, 0.25) is 0 Å². The van der Waals surface area contributed by atoms with Crippen LogP contribution in [0.2, 0.25) is 0 Å². The maximum absolute atomic E-state index is 11.9. The third-order valence-corrected chi connectivity index (χ3v) is 3.21. The van der Waals surface area contributed by atoms with Crippen molar-refractivity contribution in [1.29, 1.82) is 0 Å². The van der Waals surface area contributed by atoms with E-state index >= 15 is 0 Å². The van der Waals surface area contributed by atoms with Gasteiger partial charge in [-0.15, -0.1) is 11.3 Å². The number of hydrogen-bond acceptors (Lipinski definition) is 4. The molecule has 0 bridgehead atoms. The van der Waals surface area contributed by atoms with Gasteiger partial charge in [-0.05, 0) is 31.5 Å². The summed E-state index contributed by atoms with van der Waals surface area (Å²) < 4.78 is 0. The van der Waals surface area contributed by atoms with Crippen LogP contribution in [-0.4, -0.2) is 10.9 Å². The van der Waals surface area contributed by atoms with Crippen LogP contribution in [0.25, 0.3) is 0 Å². The molecule has 2 rings (SSSR count). The number of carbonyl (C=O) groups excluding carboxylic acids is 1. The molecule has 0 spiro atoms. The Hall–Kier alpha value is -1.88. The number of hydrogen-bond donors (Lipinski definition) is 2. The lowest BCUT2D eigenvalue weighted by molar-refractivity contribution is 0.102. The summed E-state index contributed by atoms with van der Waals surface area (Å²) in [4.78, 5) is 17.0. The van der Waals surface area contributed by atoms with Crippen LogP contribution in [0.4, 0.5) is 10.8 Å². The highest BCUT2D eigenvalue weighted by atomic mass is 32.1. The van der Waals surface area contributed by atoms with Crippen molar-refractivity contribution in [3.05, 3.63) is 40.4 Å². The number of carbonyl (C=O) groups is 1. The molecule has 1 aromatic carbocycles. The predicted octanol–water partition coefficient (Wildman–Crippen LogP) is 2.59. The number of nitrogens with one attached hydrogen (secondary N) is 1. The van der Waals surface area contributed by atoms with E-state index in [1.807, 2.05) is 19.9 Å². The van der Waals surface area contributed by atoms with E-state index in [4.69, 9.17) is 5.73 Å². The van der Waals surface area contributed by atoms with Crippen LogP contribution < -0.4 is 11.1 Å². The molecular weight excluding hydrogens is 234 g/mol. The molecule has 3 N–H and O–H groups in total. The second kappa shape index (κ2) is 4.55. The Morgan fingerprint density at radius 3 is 2.76 bits per heavy atom. The fraction of sp³-hybridized carbons (Fsp3) is 0.167. The molecule has 0 aliphatic heterocycles. The third kappa shape index (κ3) is 2.62. The van der Waals surface area contributed by atoms with Gasteiger partial charge in [-0.2, -0.15) is 0 Å². The molecule has 1 aromatic heterocycles. The Kier molecular flexibility index (Phi) is 3.10. The summed E-state index contributed by atoms with van der Waals surface area (Å²) in [7, 11) is 0. The number of benzene rings is 1. The van der Waals surface area contributed by atoms with Crippen molar-refractivity contribution in [3.8, 4) is 0 Å². The molecule has 88 valence electrons. The van der Waals surface area contributed by atoms with Crippen LogP contribution in [0, 0.1) is 13.8 Å². The van der Waals surface area contributed by atoms with Crippen LogP contribution in [0.3, 0.4) is 0 Å². The number of aryl methyl sites for hydroxylation is 2. The molecule has 0 saturated heterocycles. The van der Waals surface area contributed by atoms with Crippen LogP contribution in [0.1, 0.15) is 20.8 Å². The summed E-state index contributed by atoms with van der Waals surface area (Å²) in [6, 6.07) is 5.25. The lowest BCUT2D eigenvalue weighted by Crippen LogP contribution is -2.12. The topological polar surface area (TPSA) is 68.0 Å². The summed E-state index contributed by atoms with van der Waals surface area (Å²) in [5.74, 6) is -0.189. The van der Waals surface area contributed by atoms with Crippen LogP contribution in [0.5, 0.6) is 0 Å². The molecule has 0 fully saturated rings. The van der Waals surface area contributed by atoms with Crippen molar-refractivity contribution >= 4 is 28.1 Å². The Morgan fingerprint density at radius 1 is 1.41 bits per heavy atom. The summed E-state index contributed by atoms with van der Waals surface area (Å²) in [5.41, 5.74) is 7.89. The molecule has 1 heterocycles. The first-order valence-electron chi connectivity index (χ1n) is 5.16. The Balaban J connectivity index is 2.17. The molecule has 17 heavy (non-hydrogen) atoms. The summed E-state index contributed by atoms with van der Waals surface area (Å²) in [6.07, 6.45) is 1.73. The van der Waals surface area contributed by atoms with Crippen molar-refractivity contribution < 1.29 is 4.79 Å². The number of nitrogens with two attached hydrogens (primary N) is 1. The van der Waals surface area contributed by atoms with E-state index in [2.05, 4.69) is 10.3 Å². The number of nitrogens with zero attached hydrogens (tertiary/aromatic N) is 1. The molecule has 0 radical (unpaired) electrons. The zero-order valence-corrected chi connectivity index (χ0v) is 10.5. The van der Waals surface area contributed by atoms with Crippen molar-refractivity contribution in [2.45, 2.75) is 13.8 Å². The maximum Gasteiger partial charge on any atom is 0.257 e. The normalized spacial score (nSPS) is 10.2. The highest BCUT2D eigenvalue weighted by Crippen LogP contribution is 2.18. The lowest BCUT2D eigenvalue weighted by Gasteiger charge is -2.04. The molecule has 0 unspecified atom stereocenters. The maximum atomic E-state index is 11.9. The first-order chi connectivity index (χ1) is 8.06. The van der Waals surface area contributed by atoms with E-state index in [0.29, 0.717) is 16.4 Å². The van der Waals surface area contributed by atoms with Crippen molar-refractivity contribution in [2.24, 2.45) is 0 Å². The largest absolute Gasteiger partial charge is 0.398 e. The molecule has 1 amide bonds. The third-order valence-electron chi connectivity index (χ3n) is 2.38. The van der Waals surface area contributed by atoms with Gasteiger partial charge in [0.25, 0.3) is 5.91 Å². The molecule has 0 aliphatic rings. The average Bonchev–Trinajstić information content (AvgIpc) is 2.68. The van der Waals surface area contributed by atoms with Crippen molar-refractivity contribution in [3.63, 3.8) is 0 Å². The van der Waals surface area contributed by atoms with Crippen molar-refractivity contribution in [1.82, 2.24) is 4.98 Å². The van der Waals surface area contributed by atoms with Crippen molar-refractivity contribution in [2.75, 3.05) is 11.1 Å². The fourth-order valence-electron chi connectivity index (χ4n) is 1.36. The SMILES string of the molecule is Cc1cnc(NC(=O)c2ccc(C)c(N)c2)s1. The van der Waals surface area contributed by atoms with Gasteiger partial charge < -0.3 is 5.73 Å². The summed E-state index contributed by atoms with van der Waals surface area (Å²) in [5, 5.41) is 3.34. The number of amides is 1. The lowest BCUT2D eigenvalue weighted by atomic mass is 10.1. The molecule has 4 nitrogen and oxygen atoms in total. The molecule has 0 atom stereocenters. The minimum Gasteiger partial charge on any atom is -0.398 e. The second-order valence-electron chi connectivity index (χ2n) is 3.80. The monoisotopic (exact) mass is 247 g/mol. The van der Waals surface area contributed by atoms with E-state index < -0.39 is 0 Å². The quantitative estimate of drug-likeness (QED) is 0.801. The first-order valence-corrected chi connectivity index (χ1v) is 5.98. The van der Waals surface area contributed by atoms with Crippen LogP contribution in [-0.2, 0) is 0 Å². The smallest absolute Gasteiger partial charge is 0.257 e. The minimum absolute atomic E-state index is 0.189. The highest BCUT2D eigenvalue weighted by Gasteiger charge is 2.09. The molecule has 0 saturated carbocycles. The Bertz CT molecular complexity index is 563. The van der Waals surface area contributed by atoms with E-state index in [0.717, 1.165) is 10.4 Å². The van der Waals surface area contributed by atoms with E-state index in [1.165, 1.54) is 11.3 Å². The van der Waals surface area contributed by atoms with Gasteiger partial charge in [0.1, 0.15) is 0 Å². The first kappa shape index (κ1) is 11.6. The highest BCUT2D eigenvalue weighted by molar-refractivity contribution is 7.15. The van der Waals surface area contributed by atoms with E-state index in [-0.39, 0.29) is 5.91 Å². The number of thiazole rings is 1. The predicted molar refractivity (Wildman–Crippen MR) is 70.4 cm³/mol. The van der Waals surface area contributed by atoms with Gasteiger partial charge in [0.15, 0.2) is 5.13 Å². The minimum atomic E-state index is -0.189. The molecule has 2 aromatic rings. The molecule has 5 heteroatoms. The number of aromatic nitrogens is 1. The number of anilines is 2. The summed E-state index contributed by atoms with van der Waals surface area (Å²) >= 11 is 1.44. The van der Waals surface area contributed by atoms with E-state index in [9.17, 15) is 4.79 Å². The number of nitrogen functional groups attached to an aromatic ring is 1. The Labute approximate surface area is 103 Å². The second-order valence-corrected chi connectivity index (χ2v) is 5.04. The van der Waals surface area contributed by atoms with Gasteiger partial charge in [-0.25, -0.2) is 4.98 Å². The zero-order chi connectivity index (χ0) is 12.4.